The van der Waals surface area contributed by atoms with Crippen LogP contribution in [0.15, 0.2) is 24.5 Å². The van der Waals surface area contributed by atoms with Crippen LogP contribution in [0.1, 0.15) is 0 Å². The van der Waals surface area contributed by atoms with Gasteiger partial charge in [-0.1, -0.05) is 0 Å². The van der Waals surface area contributed by atoms with Crippen molar-refractivity contribution in [2.45, 2.75) is 0 Å². The number of rotatable bonds is 6. The Labute approximate surface area is 83.0 Å². The summed E-state index contributed by atoms with van der Waals surface area (Å²) in [6.45, 7) is 1.58. The highest BCUT2D eigenvalue weighted by atomic mass is 16.5. The second kappa shape index (κ2) is 6.17. The molecule has 1 rings (SSSR count). The Morgan fingerprint density at radius 3 is 2.79 bits per heavy atom. The molecule has 78 valence electrons. The summed E-state index contributed by atoms with van der Waals surface area (Å²) < 4.78 is 6.44. The lowest BCUT2D eigenvalue weighted by atomic mass is 10.5. The Bertz CT molecular complexity index is 259. The lowest BCUT2D eigenvalue weighted by Crippen LogP contribution is -2.33. The van der Waals surface area contributed by atoms with Crippen LogP contribution in [0.5, 0.6) is 0 Å². The molecule has 0 saturated heterocycles. The molecule has 14 heavy (non-hydrogen) atoms. The van der Waals surface area contributed by atoms with E-state index >= 15 is 0 Å². The van der Waals surface area contributed by atoms with Gasteiger partial charge in [-0.05, 0) is 12.1 Å². The molecule has 0 fully saturated rings. The second-order valence-electron chi connectivity index (χ2n) is 2.79. The summed E-state index contributed by atoms with van der Waals surface area (Å²) in [4.78, 5) is 11.2. The quantitative estimate of drug-likeness (QED) is 0.621. The van der Waals surface area contributed by atoms with E-state index in [0.717, 1.165) is 0 Å². The molecule has 5 nitrogen and oxygen atoms in total. The fourth-order valence-electron chi connectivity index (χ4n) is 0.969. The van der Waals surface area contributed by atoms with Gasteiger partial charge in [-0.15, -0.1) is 0 Å². The van der Waals surface area contributed by atoms with Crippen molar-refractivity contribution >= 4 is 5.91 Å². The van der Waals surface area contributed by atoms with Gasteiger partial charge < -0.3 is 10.1 Å². The zero-order valence-electron chi connectivity index (χ0n) is 8.19. The molecule has 0 spiro atoms. The Morgan fingerprint density at radius 1 is 1.43 bits per heavy atom. The number of hydrogen-bond acceptors (Lipinski definition) is 3. The smallest absolute Gasteiger partial charge is 0.252 e. The number of ether oxygens (including phenoxy) is 1. The van der Waals surface area contributed by atoms with E-state index in [-0.39, 0.29) is 5.91 Å². The molecule has 0 atom stereocenters. The van der Waals surface area contributed by atoms with Crippen molar-refractivity contribution in [3.63, 3.8) is 0 Å². The largest absolute Gasteiger partial charge is 0.383 e. The molecule has 0 aromatic carbocycles. The van der Waals surface area contributed by atoms with Gasteiger partial charge in [0.25, 0.3) is 5.91 Å². The Balaban J connectivity index is 2.11. The van der Waals surface area contributed by atoms with Gasteiger partial charge in [-0.2, -0.15) is 0 Å². The van der Waals surface area contributed by atoms with E-state index in [1.54, 1.807) is 24.2 Å². The van der Waals surface area contributed by atoms with Crippen LogP contribution in [0.2, 0.25) is 0 Å². The summed E-state index contributed by atoms with van der Waals surface area (Å²) >= 11 is 0. The molecule has 1 heterocycles. The van der Waals surface area contributed by atoms with E-state index in [1.807, 2.05) is 12.1 Å². The number of hydrogen-bond donors (Lipinski definition) is 2. The Hall–Kier alpha value is -1.33. The van der Waals surface area contributed by atoms with Gasteiger partial charge >= 0.3 is 0 Å². The molecule has 1 aromatic rings. The molecule has 2 N–H and O–H groups in total. The summed E-state index contributed by atoms with van der Waals surface area (Å²) in [6.07, 6.45) is 3.54. The number of amides is 1. The predicted molar refractivity (Wildman–Crippen MR) is 53.5 cm³/mol. The average molecular weight is 197 g/mol. The summed E-state index contributed by atoms with van der Waals surface area (Å²) in [5.74, 6) is -0.0719. The van der Waals surface area contributed by atoms with Crippen LogP contribution in [-0.4, -0.2) is 37.4 Å². The highest BCUT2D eigenvalue weighted by Gasteiger charge is 1.98. The average Bonchev–Trinajstić information content (AvgIpc) is 2.65. The maximum Gasteiger partial charge on any atom is 0.252 e. The third-order valence-corrected chi connectivity index (χ3v) is 1.63. The van der Waals surface area contributed by atoms with Crippen LogP contribution < -0.4 is 10.7 Å². The molecule has 0 aliphatic rings. The number of nitrogens with one attached hydrogen (secondary N) is 2. The van der Waals surface area contributed by atoms with Gasteiger partial charge in [0.15, 0.2) is 0 Å². The molecular formula is C9H15N3O2. The molecule has 1 amide bonds. The number of carbonyl (C=O) groups excluding carboxylic acids is 1. The van der Waals surface area contributed by atoms with Crippen molar-refractivity contribution < 1.29 is 9.53 Å². The lowest BCUT2D eigenvalue weighted by molar-refractivity contribution is -0.116. The third kappa shape index (κ3) is 4.06. The van der Waals surface area contributed by atoms with E-state index in [0.29, 0.717) is 19.7 Å². The molecule has 1 aromatic heterocycles. The predicted octanol–water partition coefficient (Wildman–Crippen LogP) is -0.206. The molecule has 0 saturated carbocycles. The maximum atomic E-state index is 11.2. The van der Waals surface area contributed by atoms with Crippen molar-refractivity contribution in [2.75, 3.05) is 32.2 Å². The fourth-order valence-corrected chi connectivity index (χ4v) is 0.969. The summed E-state index contributed by atoms with van der Waals surface area (Å²) in [6, 6.07) is 3.69. The first-order valence-corrected chi connectivity index (χ1v) is 4.45. The van der Waals surface area contributed by atoms with Gasteiger partial charge in [0.05, 0.1) is 13.2 Å². The molecule has 0 bridgehead atoms. The first-order chi connectivity index (χ1) is 6.83. The van der Waals surface area contributed by atoms with E-state index in [1.165, 1.54) is 0 Å². The highest BCUT2D eigenvalue weighted by molar-refractivity contribution is 5.85. The fraction of sp³-hybridized carbons (Fsp3) is 0.444. The van der Waals surface area contributed by atoms with E-state index < -0.39 is 0 Å². The zero-order chi connectivity index (χ0) is 10.2. The normalized spacial score (nSPS) is 10.1. The van der Waals surface area contributed by atoms with Gasteiger partial charge in [0, 0.05) is 26.0 Å². The van der Waals surface area contributed by atoms with Gasteiger partial charge in [-0.3, -0.25) is 14.9 Å². The standard InChI is InChI=1S/C9H15N3O2/c1-14-7-4-10-8-9(13)11-12-5-2-3-6-12/h2-3,5-6,10H,4,7-8H2,1H3,(H,11,13). The number of methoxy groups -OCH3 is 1. The molecule has 5 heteroatoms. The molecule has 0 aliphatic carbocycles. The van der Waals surface area contributed by atoms with Crippen molar-refractivity contribution in [2.24, 2.45) is 0 Å². The van der Waals surface area contributed by atoms with Crippen LogP contribution in [0.3, 0.4) is 0 Å². The SMILES string of the molecule is COCCNCC(=O)Nn1cccc1. The lowest BCUT2D eigenvalue weighted by Gasteiger charge is -2.06. The minimum absolute atomic E-state index is 0.0719. The molecule has 0 unspecified atom stereocenters. The Morgan fingerprint density at radius 2 is 2.14 bits per heavy atom. The van der Waals surface area contributed by atoms with Gasteiger partial charge in [0.1, 0.15) is 0 Å². The van der Waals surface area contributed by atoms with Crippen LogP contribution in [0, 0.1) is 0 Å². The minimum atomic E-state index is -0.0719. The number of aromatic nitrogens is 1. The van der Waals surface area contributed by atoms with E-state index in [9.17, 15) is 4.79 Å². The van der Waals surface area contributed by atoms with Crippen LogP contribution in [-0.2, 0) is 9.53 Å². The first-order valence-electron chi connectivity index (χ1n) is 4.45. The highest BCUT2D eigenvalue weighted by Crippen LogP contribution is 1.84. The van der Waals surface area contributed by atoms with E-state index in [4.69, 9.17) is 4.74 Å². The van der Waals surface area contributed by atoms with Crippen LogP contribution >= 0.6 is 0 Å². The van der Waals surface area contributed by atoms with Crippen LogP contribution in [0.25, 0.3) is 0 Å². The monoisotopic (exact) mass is 197 g/mol. The Kier molecular flexibility index (Phi) is 4.74. The number of nitrogens with zero attached hydrogens (tertiary/aromatic N) is 1. The van der Waals surface area contributed by atoms with Crippen molar-refractivity contribution in [3.8, 4) is 0 Å². The first kappa shape index (κ1) is 10.7. The van der Waals surface area contributed by atoms with Crippen LogP contribution in [0.4, 0.5) is 0 Å². The summed E-state index contributed by atoms with van der Waals surface area (Å²) in [5.41, 5.74) is 2.67. The number of carbonyl (C=O) groups is 1. The zero-order valence-corrected chi connectivity index (χ0v) is 8.19. The molecule has 0 aliphatic heterocycles. The van der Waals surface area contributed by atoms with Crippen molar-refractivity contribution in [3.05, 3.63) is 24.5 Å². The van der Waals surface area contributed by atoms with Crippen molar-refractivity contribution in [1.29, 1.82) is 0 Å². The summed E-state index contributed by atoms with van der Waals surface area (Å²) in [5, 5.41) is 2.95. The van der Waals surface area contributed by atoms with Gasteiger partial charge in [0.2, 0.25) is 0 Å². The topological polar surface area (TPSA) is 55.3 Å². The second-order valence-corrected chi connectivity index (χ2v) is 2.79. The summed E-state index contributed by atoms with van der Waals surface area (Å²) in [7, 11) is 1.63. The van der Waals surface area contributed by atoms with E-state index in [2.05, 4.69) is 10.7 Å². The minimum Gasteiger partial charge on any atom is -0.383 e. The van der Waals surface area contributed by atoms with Gasteiger partial charge in [-0.25, -0.2) is 0 Å². The van der Waals surface area contributed by atoms with Crippen molar-refractivity contribution in [1.82, 2.24) is 9.99 Å². The third-order valence-electron chi connectivity index (χ3n) is 1.63. The molecule has 0 radical (unpaired) electrons. The maximum absolute atomic E-state index is 11.2. The molecular weight excluding hydrogens is 182 g/mol.